The number of fused-ring (bicyclic) bond motifs is 3. The number of hydrogen-bond acceptors (Lipinski definition) is 9. The Morgan fingerprint density at radius 2 is 1.51 bits per heavy atom. The van der Waals surface area contributed by atoms with Crippen LogP contribution in [0.3, 0.4) is 0 Å². The summed E-state index contributed by atoms with van der Waals surface area (Å²) >= 11 is 0. The number of amides is 7. The molecule has 0 spiro atoms. The maximum Gasteiger partial charge on any atom is 0.328 e. The van der Waals surface area contributed by atoms with Crippen LogP contribution in [0.4, 0.5) is 16.2 Å². The highest BCUT2D eigenvalue weighted by molar-refractivity contribution is 5.98. The van der Waals surface area contributed by atoms with Gasteiger partial charge < -0.3 is 45.6 Å². The van der Waals surface area contributed by atoms with Gasteiger partial charge in [-0.15, -0.1) is 0 Å². The van der Waals surface area contributed by atoms with E-state index < -0.39 is 78.5 Å². The number of nitrogens with one attached hydrogen (secondary N) is 4. The zero-order valence-electron chi connectivity index (χ0n) is 33.1. The molecule has 6 rings (SSSR count). The zero-order chi connectivity index (χ0) is 40.8. The fraction of sp³-hybridized carbons (Fsp3) is 0.537. The highest BCUT2D eigenvalue weighted by Gasteiger charge is 2.46. The van der Waals surface area contributed by atoms with Crippen LogP contribution in [0.1, 0.15) is 57.9 Å². The van der Waals surface area contributed by atoms with E-state index in [1.165, 1.54) is 14.7 Å². The Bertz CT molecular complexity index is 1820. The summed E-state index contributed by atoms with van der Waals surface area (Å²) in [5, 5.41) is 11.0. The summed E-state index contributed by atoms with van der Waals surface area (Å²) < 4.78 is 5.76. The molecule has 4 fully saturated rings. The molecular formula is C41H54N8O8. The van der Waals surface area contributed by atoms with Crippen LogP contribution in [0.15, 0.2) is 54.6 Å². The molecule has 7 atom stereocenters. The van der Waals surface area contributed by atoms with Crippen molar-refractivity contribution in [2.24, 2.45) is 5.92 Å². The van der Waals surface area contributed by atoms with E-state index in [1.54, 1.807) is 31.2 Å². The average molecular weight is 787 g/mol. The molecule has 0 unspecified atom stereocenters. The van der Waals surface area contributed by atoms with Gasteiger partial charge in [0.25, 0.3) is 0 Å². The molecule has 2 aromatic carbocycles. The summed E-state index contributed by atoms with van der Waals surface area (Å²) in [6.07, 6.45) is 3.01. The number of urea groups is 1. The summed E-state index contributed by atoms with van der Waals surface area (Å²) in [6, 6.07) is 9.26. The van der Waals surface area contributed by atoms with Crippen LogP contribution < -0.4 is 26.2 Å². The van der Waals surface area contributed by atoms with Crippen LogP contribution in [0, 0.1) is 5.92 Å². The Kier molecular flexibility index (Phi) is 13.0. The van der Waals surface area contributed by atoms with Gasteiger partial charge in [0, 0.05) is 51.5 Å². The molecule has 0 aromatic heterocycles. The van der Waals surface area contributed by atoms with Gasteiger partial charge in [0.05, 0.1) is 0 Å². The van der Waals surface area contributed by atoms with E-state index in [9.17, 15) is 33.6 Å². The normalized spacial score (nSPS) is 26.4. The first-order valence-corrected chi connectivity index (χ1v) is 19.9. The van der Waals surface area contributed by atoms with Gasteiger partial charge in [-0.2, -0.15) is 0 Å². The monoisotopic (exact) mass is 786 g/mol. The number of hydrogen-bond donors (Lipinski definition) is 4. The van der Waals surface area contributed by atoms with E-state index in [1.807, 2.05) is 56.3 Å². The van der Waals surface area contributed by atoms with Gasteiger partial charge >= 0.3 is 12.0 Å². The molecule has 4 aliphatic rings. The second-order valence-corrected chi connectivity index (χ2v) is 15.8. The Morgan fingerprint density at radius 3 is 2.23 bits per heavy atom. The van der Waals surface area contributed by atoms with E-state index >= 15 is 0 Å². The van der Waals surface area contributed by atoms with Gasteiger partial charge in [0.2, 0.25) is 29.5 Å². The van der Waals surface area contributed by atoms with E-state index in [0.29, 0.717) is 50.8 Å². The lowest BCUT2D eigenvalue weighted by molar-refractivity contribution is -0.158. The standard InChI is InChI=1S/C41H54N8O8/c1-25-21-34-40(55)57-24-31(44-35(50)30(22-27-11-6-5-7-12-27)45-41(56)43-28-15-17-29(18-16-28)46(3)4)38(53)48-20-10-14-33(48)39(54)47-19-9-8-13-32(47)36(51)42-26(2)37(52)49(34)23-25/h5-7,11-12,15-18,25-26,30-34H,8-10,13-14,19-24H2,1-4H3,(H,42,51)(H,44,50)(H2,43,45,56)/t25-,26+,30+,31+,32+,33+,34+/m1/s1. The molecule has 16 heteroatoms. The third-order valence-corrected chi connectivity index (χ3v) is 11.3. The summed E-state index contributed by atoms with van der Waals surface area (Å²) in [5.74, 6) is -3.46. The van der Waals surface area contributed by atoms with Crippen molar-refractivity contribution in [1.82, 2.24) is 30.7 Å². The summed E-state index contributed by atoms with van der Waals surface area (Å²) in [6.45, 7) is 3.68. The Balaban J connectivity index is 1.28. The minimum atomic E-state index is -1.44. The van der Waals surface area contributed by atoms with Crippen LogP contribution in [-0.4, -0.2) is 133 Å². The number of carbonyl (C=O) groups excluding carboxylic acids is 7. The molecule has 0 radical (unpaired) electrons. The van der Waals surface area contributed by atoms with Crippen LogP contribution in [0.25, 0.3) is 0 Å². The quantitative estimate of drug-likeness (QED) is 0.303. The molecule has 4 saturated heterocycles. The van der Waals surface area contributed by atoms with Crippen molar-refractivity contribution < 1.29 is 38.3 Å². The van der Waals surface area contributed by atoms with E-state index in [4.69, 9.17) is 4.74 Å². The van der Waals surface area contributed by atoms with Crippen molar-refractivity contribution in [1.29, 1.82) is 0 Å². The van der Waals surface area contributed by atoms with Gasteiger partial charge in [0.15, 0.2) is 0 Å². The van der Waals surface area contributed by atoms with Crippen LogP contribution >= 0.6 is 0 Å². The van der Waals surface area contributed by atoms with Gasteiger partial charge in [-0.1, -0.05) is 37.3 Å². The largest absolute Gasteiger partial charge is 0.461 e. The van der Waals surface area contributed by atoms with Crippen molar-refractivity contribution in [2.45, 2.75) is 95.0 Å². The highest BCUT2D eigenvalue weighted by Crippen LogP contribution is 2.28. The van der Waals surface area contributed by atoms with Crippen LogP contribution in [-0.2, 0) is 39.9 Å². The first-order valence-electron chi connectivity index (χ1n) is 19.9. The van der Waals surface area contributed by atoms with Crippen molar-refractivity contribution >= 4 is 52.9 Å². The number of nitrogens with zero attached hydrogens (tertiary/aromatic N) is 4. The van der Waals surface area contributed by atoms with Crippen molar-refractivity contribution in [3.63, 3.8) is 0 Å². The molecule has 57 heavy (non-hydrogen) atoms. The van der Waals surface area contributed by atoms with E-state index in [0.717, 1.165) is 11.3 Å². The number of rotatable bonds is 7. The molecule has 4 N–H and O–H groups in total. The highest BCUT2D eigenvalue weighted by atomic mass is 16.5. The minimum absolute atomic E-state index is 0.0488. The first-order chi connectivity index (χ1) is 27.3. The van der Waals surface area contributed by atoms with Gasteiger partial charge in [-0.3, -0.25) is 24.0 Å². The number of ether oxygens (including phenoxy) is 1. The molecule has 0 aliphatic carbocycles. The van der Waals surface area contributed by atoms with Crippen molar-refractivity contribution in [3.05, 3.63) is 60.2 Å². The minimum Gasteiger partial charge on any atom is -0.461 e. The number of esters is 1. The predicted octanol–water partition coefficient (Wildman–Crippen LogP) is 1.64. The molecule has 16 nitrogen and oxygen atoms in total. The molecule has 2 aromatic rings. The number of cyclic esters (lactones) is 1. The lowest BCUT2D eigenvalue weighted by Crippen LogP contribution is -2.62. The van der Waals surface area contributed by atoms with Crippen molar-refractivity contribution in [3.8, 4) is 0 Å². The number of carbonyl (C=O) groups is 7. The second kappa shape index (κ2) is 18.1. The number of piperidine rings is 1. The average Bonchev–Trinajstić information content (AvgIpc) is 3.85. The van der Waals surface area contributed by atoms with Crippen LogP contribution in [0.2, 0.25) is 0 Å². The number of benzene rings is 2. The maximum atomic E-state index is 14.5. The third-order valence-electron chi connectivity index (χ3n) is 11.3. The van der Waals surface area contributed by atoms with Crippen LogP contribution in [0.5, 0.6) is 0 Å². The molecule has 0 saturated carbocycles. The fourth-order valence-corrected chi connectivity index (χ4v) is 8.22. The lowest BCUT2D eigenvalue weighted by atomic mass is 9.99. The Morgan fingerprint density at radius 1 is 0.825 bits per heavy atom. The van der Waals surface area contributed by atoms with Gasteiger partial charge in [0.1, 0.15) is 42.9 Å². The van der Waals surface area contributed by atoms with E-state index in [-0.39, 0.29) is 31.3 Å². The Hall–Kier alpha value is -5.67. The lowest BCUT2D eigenvalue weighted by Gasteiger charge is -2.39. The van der Waals surface area contributed by atoms with Gasteiger partial charge in [-0.05, 0) is 81.2 Å². The summed E-state index contributed by atoms with van der Waals surface area (Å²) in [4.78, 5) is 104. The predicted molar refractivity (Wildman–Crippen MR) is 211 cm³/mol. The SMILES string of the molecule is C[C@@H]1C[C@H]2C(=O)OC[C@H](NC(=O)[C@H](Cc3ccccc3)NC(=O)Nc3ccc(N(C)C)cc3)C(=O)N3CCC[C@H]3C(=O)N3CCCC[C@H]3C(=O)N[C@@H](C)C(=O)N2C1. The molecule has 306 valence electrons. The fourth-order valence-electron chi connectivity index (χ4n) is 8.22. The number of anilines is 2. The van der Waals surface area contributed by atoms with Gasteiger partial charge in [-0.25, -0.2) is 9.59 Å². The maximum absolute atomic E-state index is 14.5. The zero-order valence-corrected chi connectivity index (χ0v) is 33.1. The van der Waals surface area contributed by atoms with E-state index in [2.05, 4.69) is 21.3 Å². The molecule has 4 aliphatic heterocycles. The first kappa shape index (κ1) is 41.0. The molecule has 4 heterocycles. The van der Waals surface area contributed by atoms with Crippen molar-refractivity contribution in [2.75, 3.05) is 50.6 Å². The second-order valence-electron chi connectivity index (χ2n) is 15.8. The Labute approximate surface area is 333 Å². The summed E-state index contributed by atoms with van der Waals surface area (Å²) in [5.41, 5.74) is 2.17. The molecular weight excluding hydrogens is 732 g/mol. The topological polar surface area (TPSA) is 190 Å². The molecule has 7 amide bonds. The molecule has 0 bridgehead atoms. The third kappa shape index (κ3) is 9.66. The smallest absolute Gasteiger partial charge is 0.328 e. The summed E-state index contributed by atoms with van der Waals surface area (Å²) in [7, 11) is 3.80.